The Hall–Kier alpha value is -3.11. The van der Waals surface area contributed by atoms with Crippen molar-refractivity contribution >= 4 is 23.4 Å². The maximum absolute atomic E-state index is 13.0. The van der Waals surface area contributed by atoms with E-state index in [4.69, 9.17) is 5.26 Å². The number of nitriles is 1. The van der Waals surface area contributed by atoms with Crippen molar-refractivity contribution < 1.29 is 4.79 Å². The zero-order valence-electron chi connectivity index (χ0n) is 17.7. The maximum Gasteiger partial charge on any atom is 0.237 e. The molecule has 1 aromatic heterocycles. The number of amides is 1. The first-order valence-corrected chi connectivity index (χ1v) is 10.7. The number of hydrogen-bond donors (Lipinski definition) is 0. The van der Waals surface area contributed by atoms with Crippen molar-refractivity contribution in [3.8, 4) is 17.5 Å². The lowest BCUT2D eigenvalue weighted by atomic mass is 10.1. The fourth-order valence-electron chi connectivity index (χ4n) is 3.26. The molecule has 2 aromatic carbocycles. The van der Waals surface area contributed by atoms with E-state index in [0.717, 1.165) is 28.2 Å². The Morgan fingerprint density at radius 1 is 1.07 bits per heavy atom. The van der Waals surface area contributed by atoms with Crippen molar-refractivity contribution in [1.82, 2.24) is 14.8 Å². The van der Waals surface area contributed by atoms with Crippen LogP contribution in [0.15, 0.2) is 47.6 Å². The van der Waals surface area contributed by atoms with E-state index in [0.29, 0.717) is 11.7 Å². The second-order valence-electron chi connectivity index (χ2n) is 7.32. The van der Waals surface area contributed by atoms with Crippen molar-refractivity contribution in [1.29, 1.82) is 5.26 Å². The Balaban J connectivity index is 1.75. The smallest absolute Gasteiger partial charge is 0.237 e. The number of aryl methyl sites for hydroxylation is 3. The van der Waals surface area contributed by atoms with Crippen LogP contribution in [0.4, 0.5) is 5.69 Å². The molecule has 0 atom stereocenters. The summed E-state index contributed by atoms with van der Waals surface area (Å²) in [6.07, 6.45) is 0.283. The van der Waals surface area contributed by atoms with Gasteiger partial charge in [0.2, 0.25) is 5.91 Å². The van der Waals surface area contributed by atoms with E-state index in [1.54, 1.807) is 4.90 Å². The van der Waals surface area contributed by atoms with Crippen LogP contribution in [0.1, 0.15) is 23.1 Å². The maximum atomic E-state index is 13.0. The van der Waals surface area contributed by atoms with Crippen LogP contribution in [0.3, 0.4) is 0 Å². The van der Waals surface area contributed by atoms with Crippen LogP contribution in [0, 0.1) is 32.1 Å². The Morgan fingerprint density at radius 3 is 2.37 bits per heavy atom. The number of carbonyl (C=O) groups is 1. The first-order valence-electron chi connectivity index (χ1n) is 9.74. The molecule has 154 valence electrons. The minimum Gasteiger partial charge on any atom is -0.311 e. The van der Waals surface area contributed by atoms with E-state index in [1.807, 2.05) is 68.8 Å². The minimum absolute atomic E-state index is 0.0554. The first-order chi connectivity index (χ1) is 14.4. The standard InChI is InChI=1S/C23H25N5OS/c1-16-6-8-19(9-7-16)22-25-26-23(27(22)4)30-15-21(29)28(11-5-10-24)20-13-17(2)12-18(3)14-20/h6-9,12-14H,5,11,15H2,1-4H3. The molecule has 1 amide bonds. The van der Waals surface area contributed by atoms with Gasteiger partial charge < -0.3 is 9.47 Å². The molecular weight excluding hydrogens is 394 g/mol. The third-order valence-corrected chi connectivity index (χ3v) is 5.74. The quantitative estimate of drug-likeness (QED) is 0.529. The van der Waals surface area contributed by atoms with Gasteiger partial charge in [-0.2, -0.15) is 5.26 Å². The largest absolute Gasteiger partial charge is 0.311 e. The summed E-state index contributed by atoms with van der Waals surface area (Å²) in [6, 6.07) is 16.3. The molecule has 1 heterocycles. The average molecular weight is 420 g/mol. The third kappa shape index (κ3) is 5.08. The summed E-state index contributed by atoms with van der Waals surface area (Å²) in [4.78, 5) is 14.7. The lowest BCUT2D eigenvalue weighted by molar-refractivity contribution is -0.116. The van der Waals surface area contributed by atoms with Crippen molar-refractivity contribution in [3.63, 3.8) is 0 Å². The van der Waals surface area contributed by atoms with Gasteiger partial charge in [-0.3, -0.25) is 4.79 Å². The normalized spacial score (nSPS) is 10.6. The van der Waals surface area contributed by atoms with Gasteiger partial charge in [0, 0.05) is 24.8 Å². The van der Waals surface area contributed by atoms with Gasteiger partial charge in [-0.05, 0) is 44.0 Å². The number of benzene rings is 2. The zero-order chi connectivity index (χ0) is 21.7. The highest BCUT2D eigenvalue weighted by Gasteiger charge is 2.19. The molecule has 3 rings (SSSR count). The number of carbonyl (C=O) groups excluding carboxylic acids is 1. The number of thioether (sulfide) groups is 1. The summed E-state index contributed by atoms with van der Waals surface area (Å²) in [5.41, 5.74) is 5.17. The molecule has 0 spiro atoms. The van der Waals surface area contributed by atoms with Crippen molar-refractivity contribution in [3.05, 3.63) is 59.2 Å². The summed E-state index contributed by atoms with van der Waals surface area (Å²) >= 11 is 1.35. The van der Waals surface area contributed by atoms with Crippen molar-refractivity contribution in [2.45, 2.75) is 32.3 Å². The number of aromatic nitrogens is 3. The average Bonchev–Trinajstić information content (AvgIpc) is 3.07. The van der Waals surface area contributed by atoms with E-state index >= 15 is 0 Å². The van der Waals surface area contributed by atoms with Crippen LogP contribution in [0.2, 0.25) is 0 Å². The van der Waals surface area contributed by atoms with Gasteiger partial charge in [0.15, 0.2) is 11.0 Å². The monoisotopic (exact) mass is 419 g/mol. The van der Waals surface area contributed by atoms with Crippen molar-refractivity contribution in [2.75, 3.05) is 17.2 Å². The number of anilines is 1. The summed E-state index contributed by atoms with van der Waals surface area (Å²) in [5.74, 6) is 0.930. The number of rotatable bonds is 7. The summed E-state index contributed by atoms with van der Waals surface area (Å²) in [7, 11) is 1.90. The predicted octanol–water partition coefficient (Wildman–Crippen LogP) is 4.45. The Morgan fingerprint density at radius 2 is 1.73 bits per heavy atom. The molecule has 0 bridgehead atoms. The van der Waals surface area contributed by atoms with E-state index in [1.165, 1.54) is 17.3 Å². The predicted molar refractivity (Wildman–Crippen MR) is 120 cm³/mol. The summed E-state index contributed by atoms with van der Waals surface area (Å²) in [6.45, 7) is 6.42. The van der Waals surface area contributed by atoms with Crippen LogP contribution in [-0.4, -0.2) is 33.0 Å². The minimum atomic E-state index is -0.0554. The molecule has 0 saturated heterocycles. The highest BCUT2D eigenvalue weighted by Crippen LogP contribution is 2.25. The second kappa shape index (κ2) is 9.59. The molecule has 0 saturated carbocycles. The first kappa shape index (κ1) is 21.6. The molecule has 0 aliphatic heterocycles. The Kier molecular flexibility index (Phi) is 6.91. The van der Waals surface area contributed by atoms with Gasteiger partial charge in [0.1, 0.15) is 0 Å². The van der Waals surface area contributed by atoms with Gasteiger partial charge in [0.25, 0.3) is 0 Å². The number of nitrogens with zero attached hydrogens (tertiary/aromatic N) is 5. The van der Waals surface area contributed by atoms with Crippen LogP contribution >= 0.6 is 11.8 Å². The second-order valence-corrected chi connectivity index (χ2v) is 8.26. The van der Waals surface area contributed by atoms with Crippen molar-refractivity contribution in [2.24, 2.45) is 7.05 Å². The third-order valence-electron chi connectivity index (χ3n) is 4.74. The van der Waals surface area contributed by atoms with Crippen LogP contribution in [-0.2, 0) is 11.8 Å². The van der Waals surface area contributed by atoms with Gasteiger partial charge in [-0.15, -0.1) is 10.2 Å². The molecule has 6 nitrogen and oxygen atoms in total. The molecule has 0 fully saturated rings. The summed E-state index contributed by atoms with van der Waals surface area (Å²) < 4.78 is 1.90. The van der Waals surface area contributed by atoms with Gasteiger partial charge in [-0.1, -0.05) is 47.7 Å². The zero-order valence-corrected chi connectivity index (χ0v) is 18.5. The van der Waals surface area contributed by atoms with Crippen LogP contribution in [0.25, 0.3) is 11.4 Å². The van der Waals surface area contributed by atoms with Gasteiger partial charge in [0.05, 0.1) is 18.2 Å². The van der Waals surface area contributed by atoms with Crippen LogP contribution < -0.4 is 4.90 Å². The lowest BCUT2D eigenvalue weighted by Gasteiger charge is -2.22. The Bertz CT molecular complexity index is 1060. The molecule has 0 aliphatic carbocycles. The lowest BCUT2D eigenvalue weighted by Crippen LogP contribution is -2.33. The fourth-order valence-corrected chi connectivity index (χ4v) is 4.05. The highest BCUT2D eigenvalue weighted by molar-refractivity contribution is 7.99. The summed E-state index contributed by atoms with van der Waals surface area (Å²) in [5, 5.41) is 18.2. The van der Waals surface area contributed by atoms with Gasteiger partial charge in [-0.25, -0.2) is 0 Å². The van der Waals surface area contributed by atoms with Gasteiger partial charge >= 0.3 is 0 Å². The molecule has 0 N–H and O–H groups in total. The molecule has 0 unspecified atom stereocenters. The molecular formula is C23H25N5OS. The Labute approximate surface area is 181 Å². The van der Waals surface area contributed by atoms with E-state index in [2.05, 4.69) is 22.3 Å². The molecule has 7 heteroatoms. The fraction of sp³-hybridized carbons (Fsp3) is 0.304. The molecule has 30 heavy (non-hydrogen) atoms. The van der Waals surface area contributed by atoms with E-state index in [-0.39, 0.29) is 18.1 Å². The number of hydrogen-bond acceptors (Lipinski definition) is 5. The molecule has 0 radical (unpaired) electrons. The van der Waals surface area contributed by atoms with Crippen LogP contribution in [0.5, 0.6) is 0 Å². The van der Waals surface area contributed by atoms with E-state index in [9.17, 15) is 4.79 Å². The van der Waals surface area contributed by atoms with E-state index < -0.39 is 0 Å². The molecule has 0 aliphatic rings. The highest BCUT2D eigenvalue weighted by atomic mass is 32.2. The SMILES string of the molecule is Cc1ccc(-c2nnc(SCC(=O)N(CCC#N)c3cc(C)cc(C)c3)n2C)cc1. The molecule has 3 aromatic rings. The topological polar surface area (TPSA) is 74.8 Å².